The van der Waals surface area contributed by atoms with Crippen LogP contribution in [0.3, 0.4) is 0 Å². The molecule has 0 saturated carbocycles. The molecule has 0 spiro atoms. The van der Waals surface area contributed by atoms with E-state index in [4.69, 9.17) is 11.6 Å². The molecule has 9 heteroatoms. The van der Waals surface area contributed by atoms with Gasteiger partial charge in [0.15, 0.2) is 6.04 Å². The molecule has 0 N–H and O–H groups in total. The summed E-state index contributed by atoms with van der Waals surface area (Å²) in [4.78, 5) is 28.4. The molecule has 2 unspecified atom stereocenters. The van der Waals surface area contributed by atoms with Gasteiger partial charge in [-0.15, -0.1) is 0 Å². The summed E-state index contributed by atoms with van der Waals surface area (Å²) in [7, 11) is -2.62. The number of quaternary nitrogens is 1. The number of amides is 2. The van der Waals surface area contributed by atoms with Gasteiger partial charge in [-0.2, -0.15) is 4.59 Å². The summed E-state index contributed by atoms with van der Waals surface area (Å²) in [5.74, 6) is -0.392. The Kier molecular flexibility index (Phi) is 6.33. The number of halogens is 1. The summed E-state index contributed by atoms with van der Waals surface area (Å²) in [6.07, 6.45) is 3.75. The highest BCUT2D eigenvalue weighted by Gasteiger charge is 2.57. The lowest BCUT2D eigenvalue weighted by molar-refractivity contribution is -0.951. The fourth-order valence-corrected chi connectivity index (χ4v) is 6.70. The van der Waals surface area contributed by atoms with Crippen LogP contribution < -0.4 is 0 Å². The van der Waals surface area contributed by atoms with Gasteiger partial charge in [-0.25, -0.2) is 13.2 Å². The zero-order valence-electron chi connectivity index (χ0n) is 18.5. The minimum Gasteiger partial charge on any atom is -0.337 e. The first-order valence-corrected chi connectivity index (χ1v) is 12.9. The number of sulfonamides is 1. The molecule has 0 aliphatic carbocycles. The van der Waals surface area contributed by atoms with Gasteiger partial charge in [0, 0.05) is 24.5 Å². The van der Waals surface area contributed by atoms with Crippen LogP contribution in [-0.2, 0) is 19.6 Å². The number of carbonyl (C=O) groups excluding carboxylic acids is 2. The van der Waals surface area contributed by atoms with E-state index in [9.17, 15) is 18.0 Å². The Balaban J connectivity index is 1.72. The average Bonchev–Trinajstić information content (AvgIpc) is 3.19. The Morgan fingerprint density at radius 3 is 2.38 bits per heavy atom. The van der Waals surface area contributed by atoms with Gasteiger partial charge in [0.2, 0.25) is 0 Å². The van der Waals surface area contributed by atoms with Crippen LogP contribution in [0.2, 0.25) is 5.02 Å². The molecule has 7 nitrogen and oxygen atoms in total. The van der Waals surface area contributed by atoms with Crippen molar-refractivity contribution in [1.82, 2.24) is 9.31 Å². The number of nitrogens with zero attached hydrogens (tertiary/aromatic N) is 3. The van der Waals surface area contributed by atoms with Crippen molar-refractivity contribution in [2.45, 2.75) is 50.0 Å². The topological polar surface area (TPSA) is 74.8 Å². The molecule has 2 atom stereocenters. The van der Waals surface area contributed by atoms with Crippen molar-refractivity contribution in [2.24, 2.45) is 0 Å². The van der Waals surface area contributed by atoms with E-state index >= 15 is 0 Å². The zero-order chi connectivity index (χ0) is 23.1. The van der Waals surface area contributed by atoms with Crippen LogP contribution in [0.4, 0.5) is 0 Å². The second-order valence-electron chi connectivity index (χ2n) is 8.70. The maximum absolute atomic E-state index is 13.7. The Bertz CT molecular complexity index is 1160. The molecule has 32 heavy (non-hydrogen) atoms. The Labute approximate surface area is 194 Å². The lowest BCUT2D eigenvalue weighted by Crippen LogP contribution is -2.69. The number of rotatable bonds is 5. The smallest absolute Gasteiger partial charge is 0.334 e. The Hall–Kier alpha value is -2.00. The van der Waals surface area contributed by atoms with E-state index < -0.39 is 20.7 Å². The van der Waals surface area contributed by atoms with Gasteiger partial charge in [-0.05, 0) is 65.6 Å². The SMILES string of the molecule is CC(C(=O)N1CCCCC1)[N+]1(N(C)S(=O)(=O)c2ccc3cc(Cl)ccc3c2)CCCC1=O. The quantitative estimate of drug-likeness (QED) is 0.616. The van der Waals surface area contributed by atoms with Crippen molar-refractivity contribution in [3.63, 3.8) is 0 Å². The third-order valence-corrected chi connectivity index (χ3v) is 8.98. The number of benzene rings is 2. The number of carbonyl (C=O) groups is 2. The summed E-state index contributed by atoms with van der Waals surface area (Å²) < 4.78 is 28.0. The van der Waals surface area contributed by atoms with Gasteiger partial charge in [0.05, 0.1) is 18.4 Å². The lowest BCUT2D eigenvalue weighted by atomic mass is 10.1. The molecule has 2 aliphatic rings. The molecule has 2 amide bonds. The minimum absolute atomic E-state index is 0.0876. The fourth-order valence-electron chi connectivity index (χ4n) is 5.00. The summed E-state index contributed by atoms with van der Waals surface area (Å²) in [6, 6.07) is 9.27. The van der Waals surface area contributed by atoms with Gasteiger partial charge in [-0.3, -0.25) is 4.79 Å². The molecule has 2 aromatic carbocycles. The van der Waals surface area contributed by atoms with Crippen molar-refractivity contribution < 1.29 is 22.6 Å². The maximum atomic E-state index is 13.7. The van der Waals surface area contributed by atoms with E-state index in [-0.39, 0.29) is 23.1 Å². The van der Waals surface area contributed by atoms with E-state index in [0.717, 1.165) is 34.4 Å². The van der Waals surface area contributed by atoms with E-state index in [1.807, 2.05) is 0 Å². The van der Waals surface area contributed by atoms with Gasteiger partial charge < -0.3 is 4.90 Å². The molecule has 2 fully saturated rings. The molecule has 2 aliphatic heterocycles. The second kappa shape index (κ2) is 8.74. The highest BCUT2D eigenvalue weighted by atomic mass is 35.5. The summed E-state index contributed by atoms with van der Waals surface area (Å²) in [5, 5.41) is 2.14. The molecule has 2 heterocycles. The first-order valence-electron chi connectivity index (χ1n) is 11.1. The number of piperidine rings is 1. The molecule has 2 aromatic rings. The van der Waals surface area contributed by atoms with Crippen LogP contribution in [0.15, 0.2) is 41.3 Å². The lowest BCUT2D eigenvalue weighted by Gasteiger charge is -2.42. The molecular weight excluding hydrogens is 450 g/mol. The van der Waals surface area contributed by atoms with Crippen LogP contribution in [0.5, 0.6) is 0 Å². The van der Waals surface area contributed by atoms with Crippen molar-refractivity contribution in [3.8, 4) is 0 Å². The minimum atomic E-state index is -4.04. The standard InChI is InChI=1S/C23H29ClN3O4S/c1-17(23(29)26-12-4-3-5-13-26)27(14-6-7-22(27)28)25(2)32(30,31)21-11-9-18-15-20(24)10-8-19(18)16-21/h8-11,15-17H,3-7,12-14H2,1-2H3/q+1. The highest BCUT2D eigenvalue weighted by molar-refractivity contribution is 7.89. The molecule has 172 valence electrons. The predicted octanol–water partition coefficient (Wildman–Crippen LogP) is 3.57. The third kappa shape index (κ3) is 3.83. The second-order valence-corrected chi connectivity index (χ2v) is 11.1. The third-order valence-electron chi connectivity index (χ3n) is 6.91. The van der Waals surface area contributed by atoms with E-state index in [1.54, 1.807) is 42.2 Å². The van der Waals surface area contributed by atoms with Gasteiger partial charge in [0.25, 0.3) is 15.9 Å². The molecule has 4 rings (SSSR count). The van der Waals surface area contributed by atoms with Crippen LogP contribution in [0, 0.1) is 0 Å². The van der Waals surface area contributed by atoms with E-state index in [0.29, 0.717) is 31.1 Å². The number of likely N-dealkylation sites (tertiary alicyclic amines) is 2. The molecule has 0 bridgehead atoms. The summed E-state index contributed by atoms with van der Waals surface area (Å²) >= 11 is 6.05. The van der Waals surface area contributed by atoms with E-state index in [1.165, 1.54) is 13.1 Å². The predicted molar refractivity (Wildman–Crippen MR) is 123 cm³/mol. The van der Waals surface area contributed by atoms with E-state index in [2.05, 4.69) is 0 Å². The molecular formula is C23H29ClN3O4S+. The maximum Gasteiger partial charge on any atom is 0.334 e. The van der Waals surface area contributed by atoms with Gasteiger partial charge >= 0.3 is 5.91 Å². The average molecular weight is 479 g/mol. The summed E-state index contributed by atoms with van der Waals surface area (Å²) in [6.45, 7) is 3.29. The zero-order valence-corrected chi connectivity index (χ0v) is 20.0. The summed E-state index contributed by atoms with van der Waals surface area (Å²) in [5.41, 5.74) is 0. The molecule has 0 aromatic heterocycles. The van der Waals surface area contributed by atoms with Crippen molar-refractivity contribution >= 4 is 44.2 Å². The normalized spacial score (nSPS) is 23.1. The highest BCUT2D eigenvalue weighted by Crippen LogP contribution is 2.34. The van der Waals surface area contributed by atoms with Crippen molar-refractivity contribution in [3.05, 3.63) is 41.4 Å². The van der Waals surface area contributed by atoms with Crippen LogP contribution in [0.1, 0.15) is 39.0 Å². The van der Waals surface area contributed by atoms with Crippen molar-refractivity contribution in [1.29, 1.82) is 0 Å². The van der Waals surface area contributed by atoms with Crippen molar-refractivity contribution in [2.75, 3.05) is 26.7 Å². The Morgan fingerprint density at radius 1 is 1.06 bits per heavy atom. The number of fused-ring (bicyclic) bond motifs is 1. The van der Waals surface area contributed by atoms with Crippen LogP contribution >= 0.6 is 11.6 Å². The molecule has 2 saturated heterocycles. The first-order chi connectivity index (χ1) is 15.2. The fraction of sp³-hybridized carbons (Fsp3) is 0.478. The van der Waals surface area contributed by atoms with Crippen LogP contribution in [0.25, 0.3) is 10.8 Å². The largest absolute Gasteiger partial charge is 0.337 e. The number of hydrogen-bond donors (Lipinski definition) is 0. The van der Waals surface area contributed by atoms with Gasteiger partial charge in [-0.1, -0.05) is 23.7 Å². The first kappa shape index (κ1) is 23.2. The molecule has 0 radical (unpaired) electrons. The van der Waals surface area contributed by atoms with Crippen LogP contribution in [-0.4, -0.2) is 66.9 Å². The monoisotopic (exact) mass is 478 g/mol. The Morgan fingerprint density at radius 2 is 1.72 bits per heavy atom. The number of hydrogen-bond acceptors (Lipinski definition) is 4. The van der Waals surface area contributed by atoms with Gasteiger partial charge in [0.1, 0.15) is 6.54 Å².